The van der Waals surface area contributed by atoms with Crippen LogP contribution >= 0.6 is 11.8 Å². The van der Waals surface area contributed by atoms with Crippen molar-refractivity contribution in [3.8, 4) is 5.75 Å². The average molecular weight is 287 g/mol. The van der Waals surface area contributed by atoms with Crippen molar-refractivity contribution in [1.29, 1.82) is 0 Å². The van der Waals surface area contributed by atoms with E-state index in [1.807, 2.05) is 19.1 Å². The molecule has 0 spiro atoms. The van der Waals surface area contributed by atoms with Crippen LogP contribution in [-0.4, -0.2) is 7.11 Å². The Balaban J connectivity index is 2.21. The van der Waals surface area contributed by atoms with Gasteiger partial charge in [0.25, 0.3) is 0 Å². The van der Waals surface area contributed by atoms with E-state index in [0.29, 0.717) is 0 Å². The van der Waals surface area contributed by atoms with E-state index in [9.17, 15) is 0 Å². The quantitative estimate of drug-likeness (QED) is 0.832. The highest BCUT2D eigenvalue weighted by molar-refractivity contribution is 7.98. The molecule has 0 bridgehead atoms. The lowest BCUT2D eigenvalue weighted by molar-refractivity contribution is 0.405. The van der Waals surface area contributed by atoms with Gasteiger partial charge in [0, 0.05) is 22.3 Å². The minimum absolute atomic E-state index is 0.0360. The molecule has 0 aromatic heterocycles. The Labute approximate surface area is 125 Å². The van der Waals surface area contributed by atoms with E-state index in [1.54, 1.807) is 18.9 Å². The molecular weight excluding hydrogens is 266 g/mol. The van der Waals surface area contributed by atoms with Gasteiger partial charge in [-0.15, -0.1) is 11.8 Å². The zero-order valence-corrected chi connectivity index (χ0v) is 13.0. The summed E-state index contributed by atoms with van der Waals surface area (Å²) in [6.45, 7) is 4.11. The van der Waals surface area contributed by atoms with Crippen LogP contribution in [0.5, 0.6) is 5.75 Å². The van der Waals surface area contributed by atoms with Crippen LogP contribution in [-0.2, 0) is 5.75 Å². The fourth-order valence-corrected chi connectivity index (χ4v) is 3.36. The number of rotatable bonds is 5. The fourth-order valence-electron chi connectivity index (χ4n) is 2.24. The molecule has 0 aliphatic heterocycles. The van der Waals surface area contributed by atoms with Gasteiger partial charge >= 0.3 is 0 Å². The van der Waals surface area contributed by atoms with Gasteiger partial charge in [0.15, 0.2) is 0 Å². The molecule has 1 atom stereocenters. The van der Waals surface area contributed by atoms with E-state index in [0.717, 1.165) is 17.1 Å². The molecule has 2 nitrogen and oxygen atoms in total. The van der Waals surface area contributed by atoms with Crippen molar-refractivity contribution >= 4 is 11.8 Å². The highest BCUT2D eigenvalue weighted by Gasteiger charge is 2.13. The molecule has 0 aliphatic rings. The zero-order chi connectivity index (χ0) is 14.5. The molecule has 2 N–H and O–H groups in total. The first-order valence-corrected chi connectivity index (χ1v) is 7.71. The van der Waals surface area contributed by atoms with Gasteiger partial charge in [0.2, 0.25) is 0 Å². The standard InChI is InChI=1S/C17H21NOS/c1-12-6-4-7-14(10-12)11-20-16-9-5-8-15(19-3)17(16)13(2)18/h4-10,13H,11,18H2,1-3H3/t13-/m0/s1. The molecule has 20 heavy (non-hydrogen) atoms. The van der Waals surface area contributed by atoms with Gasteiger partial charge in [0.05, 0.1) is 7.11 Å². The van der Waals surface area contributed by atoms with Crippen LogP contribution in [0.25, 0.3) is 0 Å². The zero-order valence-electron chi connectivity index (χ0n) is 12.2. The summed E-state index contributed by atoms with van der Waals surface area (Å²) >= 11 is 1.81. The number of hydrogen-bond donors (Lipinski definition) is 1. The minimum atomic E-state index is -0.0360. The number of hydrogen-bond acceptors (Lipinski definition) is 3. The molecule has 0 heterocycles. The molecule has 106 valence electrons. The molecule has 0 saturated heterocycles. The maximum Gasteiger partial charge on any atom is 0.124 e. The van der Waals surface area contributed by atoms with Crippen molar-refractivity contribution in [3.05, 3.63) is 59.2 Å². The molecule has 3 heteroatoms. The van der Waals surface area contributed by atoms with Gasteiger partial charge in [-0.2, -0.15) is 0 Å². The third-order valence-electron chi connectivity index (χ3n) is 3.18. The number of nitrogens with two attached hydrogens (primary N) is 1. The SMILES string of the molecule is COc1cccc(SCc2cccc(C)c2)c1[C@H](C)N. The molecule has 2 aromatic rings. The van der Waals surface area contributed by atoms with Crippen molar-refractivity contribution in [1.82, 2.24) is 0 Å². The molecule has 0 aliphatic carbocycles. The van der Waals surface area contributed by atoms with Crippen molar-refractivity contribution in [2.75, 3.05) is 7.11 Å². The minimum Gasteiger partial charge on any atom is -0.496 e. The van der Waals surface area contributed by atoms with E-state index >= 15 is 0 Å². The summed E-state index contributed by atoms with van der Waals surface area (Å²) in [4.78, 5) is 1.20. The summed E-state index contributed by atoms with van der Waals surface area (Å²) in [6, 6.07) is 14.7. The van der Waals surface area contributed by atoms with Gasteiger partial charge in [-0.1, -0.05) is 35.9 Å². The Morgan fingerprint density at radius 2 is 1.95 bits per heavy atom. The van der Waals surface area contributed by atoms with Crippen LogP contribution < -0.4 is 10.5 Å². The van der Waals surface area contributed by atoms with E-state index in [2.05, 4.69) is 37.3 Å². The first-order valence-electron chi connectivity index (χ1n) is 6.72. The van der Waals surface area contributed by atoms with Gasteiger partial charge < -0.3 is 10.5 Å². The molecule has 0 amide bonds. The third-order valence-corrected chi connectivity index (χ3v) is 4.32. The predicted octanol–water partition coefficient (Wildman–Crippen LogP) is 4.32. The number of aryl methyl sites for hydroxylation is 1. The normalized spacial score (nSPS) is 12.2. The summed E-state index contributed by atoms with van der Waals surface area (Å²) in [7, 11) is 1.69. The Morgan fingerprint density at radius 1 is 1.20 bits per heavy atom. The lowest BCUT2D eigenvalue weighted by Crippen LogP contribution is -2.08. The number of methoxy groups -OCH3 is 1. The lowest BCUT2D eigenvalue weighted by atomic mass is 10.1. The van der Waals surface area contributed by atoms with Crippen LogP contribution in [0, 0.1) is 6.92 Å². The van der Waals surface area contributed by atoms with Crippen LogP contribution in [0.3, 0.4) is 0 Å². The monoisotopic (exact) mass is 287 g/mol. The molecule has 2 rings (SSSR count). The third kappa shape index (κ3) is 3.56. The second kappa shape index (κ2) is 6.82. The Hall–Kier alpha value is -1.45. The second-order valence-electron chi connectivity index (χ2n) is 4.94. The van der Waals surface area contributed by atoms with Gasteiger partial charge in [-0.25, -0.2) is 0 Å². The van der Waals surface area contributed by atoms with Crippen LogP contribution in [0.1, 0.15) is 29.7 Å². The molecule has 0 saturated carbocycles. The maximum absolute atomic E-state index is 6.09. The summed E-state index contributed by atoms with van der Waals surface area (Å²) in [5.41, 5.74) is 9.80. The van der Waals surface area contributed by atoms with Gasteiger partial charge in [0.1, 0.15) is 5.75 Å². The summed E-state index contributed by atoms with van der Waals surface area (Å²) in [6.07, 6.45) is 0. The highest BCUT2D eigenvalue weighted by Crippen LogP contribution is 2.35. The van der Waals surface area contributed by atoms with E-state index in [4.69, 9.17) is 10.5 Å². The van der Waals surface area contributed by atoms with E-state index in [1.165, 1.54) is 16.0 Å². The second-order valence-corrected chi connectivity index (χ2v) is 5.96. The highest BCUT2D eigenvalue weighted by atomic mass is 32.2. The summed E-state index contributed by atoms with van der Waals surface area (Å²) in [5.74, 6) is 1.81. The van der Waals surface area contributed by atoms with Gasteiger partial charge in [-0.05, 0) is 31.5 Å². The van der Waals surface area contributed by atoms with Crippen molar-refractivity contribution in [2.24, 2.45) is 5.73 Å². The molecule has 0 radical (unpaired) electrons. The Kier molecular flexibility index (Phi) is 5.10. The van der Waals surface area contributed by atoms with Crippen molar-refractivity contribution < 1.29 is 4.74 Å². The van der Waals surface area contributed by atoms with Crippen LogP contribution in [0.15, 0.2) is 47.4 Å². The number of thioether (sulfide) groups is 1. The average Bonchev–Trinajstić information content (AvgIpc) is 2.44. The van der Waals surface area contributed by atoms with E-state index < -0.39 is 0 Å². The fraction of sp³-hybridized carbons (Fsp3) is 0.294. The Bertz CT molecular complexity index is 581. The molecule has 0 unspecified atom stereocenters. The first-order chi connectivity index (χ1) is 9.61. The lowest BCUT2D eigenvalue weighted by Gasteiger charge is -2.16. The van der Waals surface area contributed by atoms with Gasteiger partial charge in [-0.3, -0.25) is 0 Å². The maximum atomic E-state index is 6.09. The number of benzene rings is 2. The first kappa shape index (κ1) is 14.9. The molecule has 2 aromatic carbocycles. The smallest absolute Gasteiger partial charge is 0.124 e. The largest absolute Gasteiger partial charge is 0.496 e. The van der Waals surface area contributed by atoms with Crippen LogP contribution in [0.4, 0.5) is 0 Å². The summed E-state index contributed by atoms with van der Waals surface area (Å²) in [5, 5.41) is 0. The predicted molar refractivity (Wildman–Crippen MR) is 86.3 cm³/mol. The molecule has 0 fully saturated rings. The van der Waals surface area contributed by atoms with Crippen LogP contribution in [0.2, 0.25) is 0 Å². The topological polar surface area (TPSA) is 35.2 Å². The molecular formula is C17H21NOS. The van der Waals surface area contributed by atoms with Crippen molar-refractivity contribution in [3.63, 3.8) is 0 Å². The Morgan fingerprint density at radius 3 is 2.60 bits per heavy atom. The van der Waals surface area contributed by atoms with E-state index in [-0.39, 0.29) is 6.04 Å². The summed E-state index contributed by atoms with van der Waals surface area (Å²) < 4.78 is 5.43. The van der Waals surface area contributed by atoms with Crippen molar-refractivity contribution in [2.45, 2.75) is 30.5 Å². The number of ether oxygens (including phenoxy) is 1.